The summed E-state index contributed by atoms with van der Waals surface area (Å²) in [5.74, 6) is -0.977. The minimum atomic E-state index is -3.36. The van der Waals surface area contributed by atoms with Crippen LogP contribution in [0.15, 0.2) is 6.07 Å². The fourth-order valence-electron chi connectivity index (χ4n) is 1.28. The summed E-state index contributed by atoms with van der Waals surface area (Å²) in [5, 5.41) is 9.21. The van der Waals surface area contributed by atoms with Crippen molar-refractivity contribution in [3.8, 4) is 0 Å². The Balaban J connectivity index is 2.82. The Morgan fingerprint density at radius 2 is 2.18 bits per heavy atom. The molecule has 1 aromatic heterocycles. The van der Waals surface area contributed by atoms with E-state index >= 15 is 0 Å². The van der Waals surface area contributed by atoms with Crippen molar-refractivity contribution in [2.24, 2.45) is 0 Å². The number of nitrogens with one attached hydrogen (secondary N) is 1. The van der Waals surface area contributed by atoms with Crippen molar-refractivity contribution in [3.63, 3.8) is 0 Å². The molecule has 5 nitrogen and oxygen atoms in total. The molecular weight excluding hydrogens is 262 g/mol. The molecule has 1 heterocycles. The summed E-state index contributed by atoms with van der Waals surface area (Å²) in [6.45, 7) is 3.55. The van der Waals surface area contributed by atoms with Crippen LogP contribution in [0.4, 0.5) is 5.00 Å². The van der Waals surface area contributed by atoms with E-state index in [1.54, 1.807) is 6.92 Å². The Hall–Kier alpha value is -1.08. The molecule has 2 N–H and O–H groups in total. The quantitative estimate of drug-likeness (QED) is 0.835. The maximum atomic E-state index is 11.6. The molecule has 96 valence electrons. The van der Waals surface area contributed by atoms with Crippen molar-refractivity contribution < 1.29 is 18.3 Å². The van der Waals surface area contributed by atoms with Crippen LogP contribution < -0.4 is 4.72 Å². The van der Waals surface area contributed by atoms with E-state index in [4.69, 9.17) is 5.11 Å². The molecule has 0 saturated heterocycles. The largest absolute Gasteiger partial charge is 0.477 e. The van der Waals surface area contributed by atoms with Gasteiger partial charge in [-0.1, -0.05) is 13.3 Å². The molecule has 0 aliphatic rings. The first-order valence-electron chi connectivity index (χ1n) is 5.20. The molecule has 1 aromatic rings. The van der Waals surface area contributed by atoms with Crippen LogP contribution in [0.3, 0.4) is 0 Å². The van der Waals surface area contributed by atoms with Crippen LogP contribution in [-0.4, -0.2) is 25.2 Å². The second-order valence-electron chi connectivity index (χ2n) is 3.70. The van der Waals surface area contributed by atoms with Crippen molar-refractivity contribution in [3.05, 3.63) is 16.5 Å². The van der Waals surface area contributed by atoms with E-state index in [0.29, 0.717) is 17.0 Å². The maximum Gasteiger partial charge on any atom is 0.346 e. The first-order chi connectivity index (χ1) is 7.85. The van der Waals surface area contributed by atoms with Gasteiger partial charge in [-0.3, -0.25) is 4.72 Å². The van der Waals surface area contributed by atoms with E-state index in [9.17, 15) is 13.2 Å². The number of unbranched alkanes of at least 4 members (excludes halogenated alkanes) is 1. The zero-order valence-electron chi connectivity index (χ0n) is 9.69. The molecule has 0 spiro atoms. The van der Waals surface area contributed by atoms with Crippen molar-refractivity contribution in [1.82, 2.24) is 0 Å². The lowest BCUT2D eigenvalue weighted by Gasteiger charge is -2.04. The molecule has 0 bridgehead atoms. The summed E-state index contributed by atoms with van der Waals surface area (Å²) in [6.07, 6.45) is 1.39. The van der Waals surface area contributed by atoms with Crippen molar-refractivity contribution in [1.29, 1.82) is 0 Å². The zero-order valence-corrected chi connectivity index (χ0v) is 11.3. The first-order valence-corrected chi connectivity index (χ1v) is 7.67. The van der Waals surface area contributed by atoms with Crippen LogP contribution >= 0.6 is 11.3 Å². The third-order valence-corrected chi connectivity index (χ3v) is 4.76. The summed E-state index contributed by atoms with van der Waals surface area (Å²) in [7, 11) is -3.36. The van der Waals surface area contributed by atoms with E-state index in [2.05, 4.69) is 4.72 Å². The normalized spacial score (nSPS) is 11.4. The Bertz CT molecular complexity index is 504. The predicted octanol–water partition coefficient (Wildman–Crippen LogP) is 2.30. The molecule has 0 aromatic carbocycles. The van der Waals surface area contributed by atoms with Gasteiger partial charge in [0.2, 0.25) is 10.0 Å². The SMILES string of the molecule is CCCCS(=O)(=O)Nc1cc(C)c(C(=O)O)s1. The number of sulfonamides is 1. The van der Waals surface area contributed by atoms with Crippen LogP contribution in [0.1, 0.15) is 35.0 Å². The Morgan fingerprint density at radius 1 is 1.53 bits per heavy atom. The van der Waals surface area contributed by atoms with Crippen molar-refractivity contribution in [2.75, 3.05) is 10.5 Å². The summed E-state index contributed by atoms with van der Waals surface area (Å²) in [4.78, 5) is 11.0. The number of carboxylic acids is 1. The van der Waals surface area contributed by atoms with Gasteiger partial charge in [0, 0.05) is 0 Å². The van der Waals surface area contributed by atoms with Gasteiger partial charge in [0.1, 0.15) is 9.88 Å². The Kier molecular flexibility index (Phi) is 4.53. The van der Waals surface area contributed by atoms with E-state index < -0.39 is 16.0 Å². The molecule has 0 amide bonds. The highest BCUT2D eigenvalue weighted by Crippen LogP contribution is 2.27. The van der Waals surface area contributed by atoms with Crippen LogP contribution in [0, 0.1) is 6.92 Å². The van der Waals surface area contributed by atoms with Crippen LogP contribution in [-0.2, 0) is 10.0 Å². The van der Waals surface area contributed by atoms with Gasteiger partial charge in [0.25, 0.3) is 0 Å². The van der Waals surface area contributed by atoms with Gasteiger partial charge in [-0.15, -0.1) is 11.3 Å². The number of aromatic carboxylic acids is 1. The number of thiophene rings is 1. The highest BCUT2D eigenvalue weighted by atomic mass is 32.2. The molecule has 0 radical (unpaired) electrons. The molecule has 0 aliphatic carbocycles. The molecule has 0 atom stereocenters. The summed E-state index contributed by atoms with van der Waals surface area (Å²) >= 11 is 0.938. The number of carboxylic acid groups (broad SMARTS) is 1. The van der Waals surface area contributed by atoms with E-state index in [-0.39, 0.29) is 10.6 Å². The minimum Gasteiger partial charge on any atom is -0.477 e. The highest BCUT2D eigenvalue weighted by molar-refractivity contribution is 7.92. The molecule has 1 rings (SSSR count). The molecule has 17 heavy (non-hydrogen) atoms. The summed E-state index contributed by atoms with van der Waals surface area (Å²) in [5.41, 5.74) is 0.565. The topological polar surface area (TPSA) is 83.5 Å². The number of hydrogen-bond donors (Lipinski definition) is 2. The zero-order chi connectivity index (χ0) is 13.1. The molecule has 7 heteroatoms. The Morgan fingerprint density at radius 3 is 2.65 bits per heavy atom. The smallest absolute Gasteiger partial charge is 0.346 e. The molecular formula is C10H15NO4S2. The third-order valence-electron chi connectivity index (χ3n) is 2.13. The number of carbonyl (C=O) groups is 1. The average Bonchev–Trinajstić information content (AvgIpc) is 2.55. The lowest BCUT2D eigenvalue weighted by molar-refractivity contribution is 0.0701. The Labute approximate surface area is 105 Å². The molecule has 0 aliphatic heterocycles. The standard InChI is InChI=1S/C10H15NO4S2/c1-3-4-5-17(14,15)11-8-6-7(2)9(16-8)10(12)13/h6,11H,3-5H2,1-2H3,(H,12,13). The van der Waals surface area contributed by atoms with Gasteiger partial charge in [-0.2, -0.15) is 0 Å². The number of anilines is 1. The predicted molar refractivity (Wildman–Crippen MR) is 68.3 cm³/mol. The van der Waals surface area contributed by atoms with Gasteiger partial charge < -0.3 is 5.11 Å². The van der Waals surface area contributed by atoms with Gasteiger partial charge in [0.15, 0.2) is 0 Å². The summed E-state index contributed by atoms with van der Waals surface area (Å²) in [6, 6.07) is 1.54. The van der Waals surface area contributed by atoms with Crippen LogP contribution in [0.5, 0.6) is 0 Å². The van der Waals surface area contributed by atoms with E-state index in [1.807, 2.05) is 6.92 Å². The maximum absolute atomic E-state index is 11.6. The number of rotatable bonds is 6. The van der Waals surface area contributed by atoms with Gasteiger partial charge in [0.05, 0.1) is 5.75 Å². The fourth-order valence-corrected chi connectivity index (χ4v) is 3.73. The van der Waals surface area contributed by atoms with Gasteiger partial charge in [-0.25, -0.2) is 13.2 Å². The second kappa shape index (κ2) is 5.50. The number of hydrogen-bond acceptors (Lipinski definition) is 4. The van der Waals surface area contributed by atoms with E-state index in [0.717, 1.165) is 17.8 Å². The van der Waals surface area contributed by atoms with Crippen LogP contribution in [0.25, 0.3) is 0 Å². The summed E-state index contributed by atoms with van der Waals surface area (Å²) < 4.78 is 25.6. The molecule has 0 unspecified atom stereocenters. The van der Waals surface area contributed by atoms with Gasteiger partial charge >= 0.3 is 5.97 Å². The first kappa shape index (κ1) is 14.0. The van der Waals surface area contributed by atoms with Crippen LogP contribution in [0.2, 0.25) is 0 Å². The highest BCUT2D eigenvalue weighted by Gasteiger charge is 2.16. The second-order valence-corrected chi connectivity index (χ2v) is 6.60. The fraction of sp³-hybridized carbons (Fsp3) is 0.500. The monoisotopic (exact) mass is 277 g/mol. The average molecular weight is 277 g/mol. The lowest BCUT2D eigenvalue weighted by atomic mass is 10.3. The van der Waals surface area contributed by atoms with E-state index in [1.165, 1.54) is 6.07 Å². The van der Waals surface area contributed by atoms with Crippen molar-refractivity contribution >= 4 is 32.3 Å². The van der Waals surface area contributed by atoms with Crippen molar-refractivity contribution in [2.45, 2.75) is 26.7 Å². The lowest BCUT2D eigenvalue weighted by Crippen LogP contribution is -2.15. The minimum absolute atomic E-state index is 0.0584. The molecule has 0 fully saturated rings. The number of aryl methyl sites for hydroxylation is 1. The van der Waals surface area contributed by atoms with Gasteiger partial charge in [-0.05, 0) is 25.0 Å². The third kappa shape index (κ3) is 4.01. The molecule has 0 saturated carbocycles.